The summed E-state index contributed by atoms with van der Waals surface area (Å²) in [5.74, 6) is -0.923. The molecule has 3 aromatic carbocycles. The van der Waals surface area contributed by atoms with E-state index in [4.69, 9.17) is 14.2 Å². The van der Waals surface area contributed by atoms with Gasteiger partial charge < -0.3 is 19.5 Å². The van der Waals surface area contributed by atoms with Crippen LogP contribution in [0.15, 0.2) is 66.7 Å². The molecule has 0 heterocycles. The maximum Gasteiger partial charge on any atom is 0.331 e. The molecular weight excluding hydrogens is 474 g/mol. The number of nitrogens with one attached hydrogen (secondary N) is 1. The largest absolute Gasteiger partial charge is 0.493 e. The van der Waals surface area contributed by atoms with Gasteiger partial charge in [0.15, 0.2) is 29.2 Å². The van der Waals surface area contributed by atoms with E-state index in [0.29, 0.717) is 29.2 Å². The van der Waals surface area contributed by atoms with Crippen LogP contribution in [0, 0.1) is 0 Å². The second kappa shape index (κ2) is 10.9. The van der Waals surface area contributed by atoms with Crippen LogP contribution in [0.4, 0.5) is 5.69 Å². The first kappa shape index (κ1) is 25.4. The molecular formula is C29H25NO7. The maximum absolute atomic E-state index is 13.1. The summed E-state index contributed by atoms with van der Waals surface area (Å²) in [6.45, 7) is 3.77. The number of benzene rings is 3. The number of carbonyl (C=O) groups excluding carboxylic acids is 4. The van der Waals surface area contributed by atoms with Crippen LogP contribution >= 0.6 is 0 Å². The van der Waals surface area contributed by atoms with Gasteiger partial charge in [-0.1, -0.05) is 42.5 Å². The molecule has 0 radical (unpaired) electrons. The Hall–Kier alpha value is -4.72. The van der Waals surface area contributed by atoms with E-state index in [2.05, 4.69) is 5.32 Å². The van der Waals surface area contributed by atoms with Crippen molar-refractivity contribution in [2.24, 2.45) is 0 Å². The fourth-order valence-electron chi connectivity index (χ4n) is 3.98. The lowest BCUT2D eigenvalue weighted by molar-refractivity contribution is -0.148. The Morgan fingerprint density at radius 1 is 0.919 bits per heavy atom. The minimum atomic E-state index is -1.16. The molecule has 1 unspecified atom stereocenters. The van der Waals surface area contributed by atoms with Gasteiger partial charge >= 0.3 is 5.97 Å². The number of hydrogen-bond donors (Lipinski definition) is 1. The summed E-state index contributed by atoms with van der Waals surface area (Å²) in [4.78, 5) is 51.1. The second-order valence-electron chi connectivity index (χ2n) is 8.18. The van der Waals surface area contributed by atoms with E-state index in [1.165, 1.54) is 32.3 Å². The van der Waals surface area contributed by atoms with Crippen molar-refractivity contribution in [2.75, 3.05) is 19.0 Å². The van der Waals surface area contributed by atoms with Crippen molar-refractivity contribution >= 4 is 35.2 Å². The monoisotopic (exact) mass is 499 g/mol. The molecule has 1 N–H and O–H groups in total. The van der Waals surface area contributed by atoms with Crippen LogP contribution in [0.25, 0.3) is 6.08 Å². The molecule has 0 fully saturated rings. The van der Waals surface area contributed by atoms with Crippen molar-refractivity contribution in [3.63, 3.8) is 0 Å². The third-order valence-corrected chi connectivity index (χ3v) is 5.77. The van der Waals surface area contributed by atoms with Gasteiger partial charge in [-0.05, 0) is 43.7 Å². The number of carbonyl (C=O) groups is 4. The summed E-state index contributed by atoms with van der Waals surface area (Å²) in [6.07, 6.45) is 1.56. The zero-order valence-corrected chi connectivity index (χ0v) is 20.6. The quantitative estimate of drug-likeness (QED) is 0.282. The van der Waals surface area contributed by atoms with Crippen LogP contribution in [-0.2, 0) is 14.3 Å². The second-order valence-corrected chi connectivity index (χ2v) is 8.18. The molecule has 8 heteroatoms. The van der Waals surface area contributed by atoms with Gasteiger partial charge in [0.05, 0.1) is 25.0 Å². The normalized spacial score (nSPS) is 12.9. The van der Waals surface area contributed by atoms with E-state index >= 15 is 0 Å². The lowest BCUT2D eigenvalue weighted by atomic mass is 9.83. The zero-order chi connectivity index (χ0) is 26.5. The Balaban J connectivity index is 1.44. The highest BCUT2D eigenvalue weighted by Crippen LogP contribution is 2.32. The first-order valence-corrected chi connectivity index (χ1v) is 11.7. The van der Waals surface area contributed by atoms with Gasteiger partial charge in [0, 0.05) is 22.8 Å². The van der Waals surface area contributed by atoms with E-state index < -0.39 is 18.0 Å². The molecule has 0 spiro atoms. The summed E-state index contributed by atoms with van der Waals surface area (Å²) in [5.41, 5.74) is 1.77. The predicted octanol–water partition coefficient (Wildman–Crippen LogP) is 4.45. The van der Waals surface area contributed by atoms with Crippen molar-refractivity contribution in [3.8, 4) is 11.5 Å². The van der Waals surface area contributed by atoms with E-state index in [0.717, 1.165) is 0 Å². The zero-order valence-electron chi connectivity index (χ0n) is 20.6. The molecule has 188 valence electrons. The van der Waals surface area contributed by atoms with E-state index in [-0.39, 0.29) is 33.9 Å². The van der Waals surface area contributed by atoms with Gasteiger partial charge in [-0.25, -0.2) is 4.79 Å². The van der Waals surface area contributed by atoms with Gasteiger partial charge in [-0.2, -0.15) is 0 Å². The SMILES string of the molecule is CCOc1ccc(/C=C/C(=O)OC(C)C(=O)Nc2cccc3c2C(=O)c2ccccc2C3=O)cc1OC. The van der Waals surface area contributed by atoms with Gasteiger partial charge in [0.25, 0.3) is 5.91 Å². The van der Waals surface area contributed by atoms with Gasteiger partial charge in [-0.3, -0.25) is 14.4 Å². The molecule has 3 aromatic rings. The Labute approximate surface area is 213 Å². The van der Waals surface area contributed by atoms with Gasteiger partial charge in [-0.15, -0.1) is 0 Å². The van der Waals surface area contributed by atoms with Gasteiger partial charge in [0.2, 0.25) is 0 Å². The van der Waals surface area contributed by atoms with Crippen molar-refractivity contribution < 1.29 is 33.4 Å². The fourth-order valence-corrected chi connectivity index (χ4v) is 3.98. The summed E-state index contributed by atoms with van der Waals surface area (Å²) in [5, 5.41) is 2.62. The van der Waals surface area contributed by atoms with E-state index in [1.54, 1.807) is 54.6 Å². The molecule has 4 rings (SSSR count). The third-order valence-electron chi connectivity index (χ3n) is 5.77. The van der Waals surface area contributed by atoms with Crippen molar-refractivity contribution in [1.82, 2.24) is 0 Å². The van der Waals surface area contributed by atoms with Gasteiger partial charge in [0.1, 0.15) is 0 Å². The topological polar surface area (TPSA) is 108 Å². The van der Waals surface area contributed by atoms with E-state index in [9.17, 15) is 19.2 Å². The van der Waals surface area contributed by atoms with Crippen molar-refractivity contribution in [1.29, 1.82) is 0 Å². The number of hydrogen-bond acceptors (Lipinski definition) is 7. The highest BCUT2D eigenvalue weighted by molar-refractivity contribution is 6.30. The average Bonchev–Trinajstić information content (AvgIpc) is 2.91. The molecule has 1 atom stereocenters. The first-order chi connectivity index (χ1) is 17.8. The molecule has 1 aliphatic rings. The van der Waals surface area contributed by atoms with Crippen LogP contribution in [0.5, 0.6) is 11.5 Å². The van der Waals surface area contributed by atoms with Crippen LogP contribution < -0.4 is 14.8 Å². The standard InChI is InChI=1S/C29H25NO7/c1-4-36-23-14-12-18(16-24(23)35-3)13-15-25(31)37-17(2)29(34)30-22-11-7-10-21-26(22)28(33)20-9-6-5-8-19(20)27(21)32/h5-17H,4H2,1-3H3,(H,30,34)/b15-13+. The lowest BCUT2D eigenvalue weighted by Gasteiger charge is -2.21. The predicted molar refractivity (Wildman–Crippen MR) is 137 cm³/mol. The minimum absolute atomic E-state index is 0.113. The number of methoxy groups -OCH3 is 1. The Morgan fingerprint density at radius 2 is 1.62 bits per heavy atom. The highest BCUT2D eigenvalue weighted by atomic mass is 16.5. The molecule has 0 saturated heterocycles. The summed E-state index contributed by atoms with van der Waals surface area (Å²) in [7, 11) is 1.52. The summed E-state index contributed by atoms with van der Waals surface area (Å²) < 4.78 is 16.0. The minimum Gasteiger partial charge on any atom is -0.493 e. The molecule has 0 aliphatic heterocycles. The number of amides is 1. The molecule has 8 nitrogen and oxygen atoms in total. The smallest absolute Gasteiger partial charge is 0.331 e. The number of ether oxygens (including phenoxy) is 3. The number of fused-ring (bicyclic) bond motifs is 2. The molecule has 0 bridgehead atoms. The number of esters is 1. The summed E-state index contributed by atoms with van der Waals surface area (Å²) in [6, 6.07) is 16.4. The van der Waals surface area contributed by atoms with Crippen LogP contribution in [-0.4, -0.2) is 43.3 Å². The first-order valence-electron chi connectivity index (χ1n) is 11.7. The fraction of sp³-hybridized carbons (Fsp3) is 0.172. The number of rotatable bonds is 8. The van der Waals surface area contributed by atoms with Crippen LogP contribution in [0.1, 0.15) is 51.3 Å². The molecule has 0 saturated carbocycles. The molecule has 1 amide bonds. The summed E-state index contributed by atoms with van der Waals surface area (Å²) >= 11 is 0. The number of anilines is 1. The molecule has 37 heavy (non-hydrogen) atoms. The Morgan fingerprint density at radius 3 is 2.32 bits per heavy atom. The average molecular weight is 500 g/mol. The van der Waals surface area contributed by atoms with Crippen LogP contribution in [0.2, 0.25) is 0 Å². The van der Waals surface area contributed by atoms with Crippen molar-refractivity contribution in [3.05, 3.63) is 94.6 Å². The van der Waals surface area contributed by atoms with Crippen molar-refractivity contribution in [2.45, 2.75) is 20.0 Å². The third kappa shape index (κ3) is 5.28. The molecule has 1 aliphatic carbocycles. The number of ketones is 2. The maximum atomic E-state index is 13.1. The Bertz CT molecular complexity index is 1420. The van der Waals surface area contributed by atoms with E-state index in [1.807, 2.05) is 6.92 Å². The lowest BCUT2D eigenvalue weighted by Crippen LogP contribution is -2.31. The highest BCUT2D eigenvalue weighted by Gasteiger charge is 2.32. The molecule has 0 aromatic heterocycles. The van der Waals surface area contributed by atoms with Crippen LogP contribution in [0.3, 0.4) is 0 Å². The Kier molecular flexibility index (Phi) is 7.48.